The summed E-state index contributed by atoms with van der Waals surface area (Å²) < 4.78 is 6.27. The normalized spacial score (nSPS) is 10.9. The molecule has 21 heavy (non-hydrogen) atoms. The van der Waals surface area contributed by atoms with E-state index in [4.69, 9.17) is 4.74 Å². The molecule has 0 unspecified atom stereocenters. The van der Waals surface area contributed by atoms with Crippen molar-refractivity contribution in [1.82, 2.24) is 0 Å². The van der Waals surface area contributed by atoms with Crippen LogP contribution in [0.3, 0.4) is 0 Å². The van der Waals surface area contributed by atoms with E-state index in [-0.39, 0.29) is 0 Å². The van der Waals surface area contributed by atoms with E-state index in [0.717, 1.165) is 11.5 Å². The molecule has 0 fully saturated rings. The molecule has 0 aliphatic carbocycles. The largest absolute Gasteiger partial charge is 0.457 e. The summed E-state index contributed by atoms with van der Waals surface area (Å²) in [6.07, 6.45) is 0. The fourth-order valence-corrected chi connectivity index (χ4v) is 2.68. The third-order valence-corrected chi connectivity index (χ3v) is 5.09. The quantitative estimate of drug-likeness (QED) is 0.661. The molecular formula is C20H26O. The molecule has 0 heterocycles. The summed E-state index contributed by atoms with van der Waals surface area (Å²) in [6, 6.07) is 4.31. The van der Waals surface area contributed by atoms with Gasteiger partial charge in [0.05, 0.1) is 0 Å². The Bertz CT molecular complexity index is 647. The second-order valence-corrected chi connectivity index (χ2v) is 6.24. The fourth-order valence-electron chi connectivity index (χ4n) is 2.68. The lowest BCUT2D eigenvalue weighted by atomic mass is 9.97. The summed E-state index contributed by atoms with van der Waals surface area (Å²) in [6.45, 7) is 17.3. The van der Waals surface area contributed by atoms with Gasteiger partial charge >= 0.3 is 0 Å². The average molecular weight is 282 g/mol. The minimum absolute atomic E-state index is 0.973. The van der Waals surface area contributed by atoms with Crippen molar-refractivity contribution in [2.24, 2.45) is 0 Å². The van der Waals surface area contributed by atoms with Gasteiger partial charge in [0, 0.05) is 0 Å². The monoisotopic (exact) mass is 282 g/mol. The summed E-state index contributed by atoms with van der Waals surface area (Å²) in [5.41, 5.74) is 10.4. The smallest absolute Gasteiger partial charge is 0.130 e. The number of hydrogen-bond acceptors (Lipinski definition) is 1. The van der Waals surface area contributed by atoms with Crippen molar-refractivity contribution in [3.05, 3.63) is 56.6 Å². The summed E-state index contributed by atoms with van der Waals surface area (Å²) in [4.78, 5) is 0. The molecular weight excluding hydrogens is 256 g/mol. The first kappa shape index (κ1) is 15.6. The zero-order valence-corrected chi connectivity index (χ0v) is 14.6. The molecule has 0 amide bonds. The van der Waals surface area contributed by atoms with Gasteiger partial charge in [-0.15, -0.1) is 0 Å². The predicted octanol–water partition coefficient (Wildman–Crippen LogP) is 5.95. The van der Waals surface area contributed by atoms with Crippen LogP contribution in [-0.2, 0) is 0 Å². The first-order chi connectivity index (χ1) is 9.73. The van der Waals surface area contributed by atoms with Gasteiger partial charge in [-0.1, -0.05) is 0 Å². The fraction of sp³-hybridized carbons (Fsp3) is 0.400. The van der Waals surface area contributed by atoms with E-state index >= 15 is 0 Å². The molecule has 0 aliphatic rings. The van der Waals surface area contributed by atoms with Crippen LogP contribution in [-0.4, -0.2) is 0 Å². The van der Waals surface area contributed by atoms with Crippen molar-refractivity contribution in [3.63, 3.8) is 0 Å². The van der Waals surface area contributed by atoms with Crippen LogP contribution in [0.5, 0.6) is 11.5 Å². The van der Waals surface area contributed by atoms with Gasteiger partial charge in [-0.05, 0) is 112 Å². The van der Waals surface area contributed by atoms with E-state index in [1.807, 2.05) is 0 Å². The first-order valence-electron chi connectivity index (χ1n) is 7.56. The van der Waals surface area contributed by atoms with E-state index in [2.05, 4.69) is 67.5 Å². The highest BCUT2D eigenvalue weighted by atomic mass is 16.5. The molecule has 0 aromatic heterocycles. The van der Waals surface area contributed by atoms with Crippen molar-refractivity contribution < 1.29 is 4.74 Å². The van der Waals surface area contributed by atoms with Gasteiger partial charge in [0.15, 0.2) is 0 Å². The predicted molar refractivity (Wildman–Crippen MR) is 90.9 cm³/mol. The first-order valence-corrected chi connectivity index (χ1v) is 7.56. The lowest BCUT2D eigenvalue weighted by Crippen LogP contribution is -1.99. The lowest BCUT2D eigenvalue weighted by molar-refractivity contribution is 0.473. The van der Waals surface area contributed by atoms with Crippen molar-refractivity contribution in [3.8, 4) is 11.5 Å². The van der Waals surface area contributed by atoms with Crippen molar-refractivity contribution >= 4 is 0 Å². The van der Waals surface area contributed by atoms with E-state index in [1.54, 1.807) is 0 Å². The summed E-state index contributed by atoms with van der Waals surface area (Å²) in [5, 5.41) is 0. The topological polar surface area (TPSA) is 9.23 Å². The molecule has 0 aliphatic heterocycles. The van der Waals surface area contributed by atoms with E-state index in [9.17, 15) is 0 Å². The highest BCUT2D eigenvalue weighted by molar-refractivity contribution is 5.52. The molecule has 0 saturated heterocycles. The average Bonchev–Trinajstić information content (AvgIpc) is 2.45. The molecule has 2 aromatic carbocycles. The van der Waals surface area contributed by atoms with Gasteiger partial charge in [-0.25, -0.2) is 0 Å². The second-order valence-electron chi connectivity index (χ2n) is 6.24. The van der Waals surface area contributed by atoms with Crippen molar-refractivity contribution in [1.29, 1.82) is 0 Å². The Morgan fingerprint density at radius 3 is 1.14 bits per heavy atom. The van der Waals surface area contributed by atoms with Crippen molar-refractivity contribution in [2.75, 3.05) is 0 Å². The Morgan fingerprint density at radius 2 is 0.810 bits per heavy atom. The Morgan fingerprint density at radius 1 is 0.476 bits per heavy atom. The van der Waals surface area contributed by atoms with E-state index in [1.165, 1.54) is 44.5 Å². The van der Waals surface area contributed by atoms with Gasteiger partial charge in [-0.3, -0.25) is 0 Å². The van der Waals surface area contributed by atoms with Crippen LogP contribution in [0.1, 0.15) is 44.5 Å². The van der Waals surface area contributed by atoms with Gasteiger partial charge in [0.25, 0.3) is 0 Å². The lowest BCUT2D eigenvalue weighted by Gasteiger charge is -2.18. The molecule has 1 nitrogen and oxygen atoms in total. The maximum absolute atomic E-state index is 6.27. The zero-order valence-electron chi connectivity index (χ0n) is 14.6. The number of rotatable bonds is 2. The van der Waals surface area contributed by atoms with Crippen LogP contribution in [0.25, 0.3) is 0 Å². The Kier molecular flexibility index (Phi) is 4.13. The number of aryl methyl sites for hydroxylation is 2. The molecule has 2 aromatic rings. The van der Waals surface area contributed by atoms with Crippen LogP contribution in [0.15, 0.2) is 12.1 Å². The number of ether oxygens (including phenoxy) is 1. The molecule has 0 saturated carbocycles. The SMILES string of the molecule is Cc1cc(Oc2cc(C)c(C)c(C)c2C)c(C)c(C)c1C. The van der Waals surface area contributed by atoms with E-state index in [0.29, 0.717) is 0 Å². The van der Waals surface area contributed by atoms with E-state index < -0.39 is 0 Å². The van der Waals surface area contributed by atoms with Gasteiger partial charge in [0.1, 0.15) is 11.5 Å². The molecule has 0 spiro atoms. The van der Waals surface area contributed by atoms with Gasteiger partial charge in [-0.2, -0.15) is 0 Å². The molecule has 1 heteroatoms. The Balaban J connectivity index is 2.54. The third-order valence-electron chi connectivity index (χ3n) is 5.09. The van der Waals surface area contributed by atoms with Crippen molar-refractivity contribution in [2.45, 2.75) is 55.4 Å². The number of benzene rings is 2. The third kappa shape index (κ3) is 2.70. The van der Waals surface area contributed by atoms with Gasteiger partial charge in [0.2, 0.25) is 0 Å². The maximum Gasteiger partial charge on any atom is 0.130 e. The van der Waals surface area contributed by atoms with Crippen LogP contribution in [0, 0.1) is 55.4 Å². The zero-order chi connectivity index (χ0) is 15.9. The molecule has 112 valence electrons. The van der Waals surface area contributed by atoms with Gasteiger partial charge < -0.3 is 4.74 Å². The summed E-state index contributed by atoms with van der Waals surface area (Å²) in [5.74, 6) is 1.95. The molecule has 0 bridgehead atoms. The highest BCUT2D eigenvalue weighted by Crippen LogP contribution is 2.34. The molecule has 0 N–H and O–H groups in total. The second kappa shape index (κ2) is 5.55. The Hall–Kier alpha value is -1.76. The van der Waals surface area contributed by atoms with Crippen LogP contribution in [0.4, 0.5) is 0 Å². The minimum atomic E-state index is 0.973. The van der Waals surface area contributed by atoms with Crippen LogP contribution in [0.2, 0.25) is 0 Å². The molecule has 0 atom stereocenters. The standard InChI is InChI=1S/C20H26O/c1-11-9-19(17(7)15(5)13(11)3)21-20-10-12(2)14(4)16(6)18(20)8/h9-10H,1-8H3. The Labute approximate surface area is 129 Å². The van der Waals surface area contributed by atoms with Crippen LogP contribution < -0.4 is 4.74 Å². The molecule has 2 rings (SSSR count). The minimum Gasteiger partial charge on any atom is -0.457 e. The highest BCUT2D eigenvalue weighted by Gasteiger charge is 2.13. The number of hydrogen-bond donors (Lipinski definition) is 0. The van der Waals surface area contributed by atoms with Crippen LogP contribution >= 0.6 is 0 Å². The maximum atomic E-state index is 6.27. The summed E-state index contributed by atoms with van der Waals surface area (Å²) in [7, 11) is 0. The summed E-state index contributed by atoms with van der Waals surface area (Å²) >= 11 is 0. The molecule has 0 radical (unpaired) electrons.